The molecule has 0 aliphatic rings. The van der Waals surface area contributed by atoms with Crippen molar-refractivity contribution in [1.82, 2.24) is 0 Å². The Morgan fingerprint density at radius 1 is 0.273 bits per heavy atom. The van der Waals surface area contributed by atoms with Crippen molar-refractivity contribution in [2.24, 2.45) is 0 Å². The summed E-state index contributed by atoms with van der Waals surface area (Å²) >= 11 is 0. The summed E-state index contributed by atoms with van der Waals surface area (Å²) in [6.07, 6.45) is 0. The van der Waals surface area contributed by atoms with E-state index in [0.29, 0.717) is 0 Å². The molecule has 0 spiro atoms. The number of hydrogen-bond donors (Lipinski definition) is 0. The maximum Gasteiger partial charge on any atom is 0.250 e. The van der Waals surface area contributed by atoms with E-state index in [2.05, 4.69) is 245 Å². The quantitative estimate of drug-likeness (QED) is 0.101. The van der Waals surface area contributed by atoms with E-state index in [-0.39, 0.29) is 20.2 Å². The first-order chi connectivity index (χ1) is 30.3. The minimum Gasteiger partial charge on any atom is -0.541 e. The van der Waals surface area contributed by atoms with Crippen LogP contribution in [0, 0.1) is 0 Å². The highest BCUT2D eigenvalue weighted by molar-refractivity contribution is 6.76. The van der Waals surface area contributed by atoms with Crippen LogP contribution in [-0.4, -0.2) is 33.3 Å². The van der Waals surface area contributed by atoms with Crippen LogP contribution in [0.2, 0.25) is 72.5 Å². The van der Waals surface area contributed by atoms with Gasteiger partial charge in [-0.15, -0.1) is 0 Å². The molecule has 0 aliphatic carbocycles. The summed E-state index contributed by atoms with van der Waals surface area (Å²) in [5.41, 5.74) is 4.57. The second-order valence-electron chi connectivity index (χ2n) is 24.9. The Morgan fingerprint density at radius 2 is 0.500 bits per heavy atom. The van der Waals surface area contributed by atoms with E-state index in [1.807, 2.05) is 0 Å². The zero-order chi connectivity index (χ0) is 48.8. The Kier molecular flexibility index (Phi) is 12.5. The monoisotopic (exact) mass is 950 g/mol. The summed E-state index contributed by atoms with van der Waals surface area (Å²) in [7, 11) is -9.33. The third-order valence-corrected chi connectivity index (χ3v) is 33.4. The molecule has 0 aliphatic heterocycles. The van der Waals surface area contributed by atoms with E-state index < -0.39 is 33.3 Å². The summed E-state index contributed by atoms with van der Waals surface area (Å²) in [4.78, 5) is 0. The highest BCUT2D eigenvalue weighted by Crippen LogP contribution is 2.53. The lowest BCUT2D eigenvalue weighted by Gasteiger charge is -2.40. The molecule has 0 aromatic heterocycles. The van der Waals surface area contributed by atoms with Gasteiger partial charge in [0.25, 0.3) is 33.3 Å². The molecule has 0 unspecified atom stereocenters. The fraction of sp³-hybridized carbons (Fsp3) is 0.414. The summed E-state index contributed by atoms with van der Waals surface area (Å²) in [5.74, 6) is 3.51. The first kappa shape index (κ1) is 49.5. The Balaban J connectivity index is 1.52. The van der Waals surface area contributed by atoms with Gasteiger partial charge in [-0.25, -0.2) is 0 Å². The van der Waals surface area contributed by atoms with Crippen LogP contribution in [0.4, 0.5) is 0 Å². The number of rotatable bonds is 10. The molecular weight excluding hydrogens is 873 g/mol. The lowest BCUT2D eigenvalue weighted by molar-refractivity contribution is 0.447. The minimum atomic E-state index is -2.36. The average Bonchev–Trinajstić information content (AvgIpc) is 3.21. The molecule has 0 N–H and O–H groups in total. The van der Waals surface area contributed by atoms with Crippen molar-refractivity contribution >= 4 is 76.4 Å². The Morgan fingerprint density at radius 3 is 0.773 bits per heavy atom. The van der Waals surface area contributed by atoms with Gasteiger partial charge in [0.05, 0.1) is 0 Å². The molecule has 8 heteroatoms. The van der Waals surface area contributed by atoms with Gasteiger partial charge in [-0.2, -0.15) is 0 Å². The highest BCUT2D eigenvalue weighted by atomic mass is 28.4. The molecule has 7 aromatic rings. The third kappa shape index (κ3) is 9.04. The van der Waals surface area contributed by atoms with Gasteiger partial charge in [-0.1, -0.05) is 180 Å². The summed E-state index contributed by atoms with van der Waals surface area (Å²) in [6.45, 7) is 46.5. The van der Waals surface area contributed by atoms with Crippen molar-refractivity contribution in [2.45, 2.75) is 156 Å². The van der Waals surface area contributed by atoms with E-state index in [1.54, 1.807) is 0 Å². The van der Waals surface area contributed by atoms with Crippen molar-refractivity contribution in [1.29, 1.82) is 0 Å². The zero-order valence-electron chi connectivity index (χ0n) is 44.0. The Bertz CT molecular complexity index is 2770. The second-order valence-corrected chi connectivity index (χ2v) is 43.8. The van der Waals surface area contributed by atoms with Crippen LogP contribution in [0.15, 0.2) is 109 Å². The molecule has 0 atom stereocenters. The maximum atomic E-state index is 7.53. The summed E-state index contributed by atoms with van der Waals surface area (Å²) < 4.78 is 29.9. The fourth-order valence-electron chi connectivity index (χ4n) is 7.62. The maximum absolute atomic E-state index is 7.53. The van der Waals surface area contributed by atoms with Crippen LogP contribution in [0.1, 0.15) is 83.1 Å². The van der Waals surface area contributed by atoms with E-state index in [9.17, 15) is 0 Å². The largest absolute Gasteiger partial charge is 0.541 e. The van der Waals surface area contributed by atoms with Gasteiger partial charge in [-0.3, -0.25) is 0 Å². The molecule has 0 amide bonds. The van der Waals surface area contributed by atoms with Crippen molar-refractivity contribution in [3.05, 3.63) is 109 Å². The molecule has 66 heavy (non-hydrogen) atoms. The summed E-state index contributed by atoms with van der Waals surface area (Å²) in [6, 6.07) is 40.3. The van der Waals surface area contributed by atoms with Crippen molar-refractivity contribution in [3.63, 3.8) is 0 Å². The molecular formula is C58H78O4Si4. The van der Waals surface area contributed by atoms with Gasteiger partial charge >= 0.3 is 0 Å². The zero-order valence-corrected chi connectivity index (χ0v) is 48.0. The molecule has 0 heterocycles. The smallest absolute Gasteiger partial charge is 0.250 e. The fourth-order valence-corrected chi connectivity index (χ4v) is 11.7. The molecule has 4 nitrogen and oxygen atoms in total. The first-order valence-corrected chi connectivity index (χ1v) is 35.7. The molecule has 7 aromatic carbocycles. The first-order valence-electron chi connectivity index (χ1n) is 24.1. The van der Waals surface area contributed by atoms with Gasteiger partial charge in [0, 0.05) is 21.5 Å². The van der Waals surface area contributed by atoms with E-state index >= 15 is 0 Å². The topological polar surface area (TPSA) is 36.9 Å². The van der Waals surface area contributed by atoms with E-state index in [1.165, 1.54) is 21.5 Å². The van der Waals surface area contributed by atoms with Gasteiger partial charge < -0.3 is 17.7 Å². The van der Waals surface area contributed by atoms with E-state index in [0.717, 1.165) is 66.8 Å². The van der Waals surface area contributed by atoms with Gasteiger partial charge in [0.2, 0.25) is 0 Å². The molecule has 0 saturated heterocycles. The SMILES string of the molecule is CC(C)(C)[Si](C)(C)Oc1c(O[Si](C)(C)C(C)(C)C)c2cc(-c3ccccc3-c3ccc4c(c3)c(O[Si](C)(C)C(C)(C)C)c(O[Si](C)(C)C(C)(C)C)c3ccccc34)ccc2c2ccccc12. The predicted octanol–water partition coefficient (Wildman–Crippen LogP) is 19.2. The van der Waals surface area contributed by atoms with Crippen molar-refractivity contribution in [2.75, 3.05) is 0 Å². The van der Waals surface area contributed by atoms with Gasteiger partial charge in [-0.05, 0) is 128 Å². The summed E-state index contributed by atoms with van der Waals surface area (Å²) in [5, 5.41) is 9.02. The number of fused-ring (bicyclic) bond motifs is 6. The Hall–Kier alpha value is -4.35. The Labute approximate surface area is 402 Å². The van der Waals surface area contributed by atoms with Crippen LogP contribution < -0.4 is 17.7 Å². The lowest BCUT2D eigenvalue weighted by atomic mass is 9.90. The van der Waals surface area contributed by atoms with Crippen molar-refractivity contribution in [3.8, 4) is 45.3 Å². The van der Waals surface area contributed by atoms with Gasteiger partial charge in [0.1, 0.15) is 0 Å². The minimum absolute atomic E-state index is 0.00253. The molecule has 0 fully saturated rings. The number of hydrogen-bond acceptors (Lipinski definition) is 4. The predicted molar refractivity (Wildman–Crippen MR) is 299 cm³/mol. The van der Waals surface area contributed by atoms with Crippen LogP contribution in [0.3, 0.4) is 0 Å². The highest BCUT2D eigenvalue weighted by Gasteiger charge is 2.45. The second kappa shape index (κ2) is 16.7. The van der Waals surface area contributed by atoms with Crippen LogP contribution >= 0.6 is 0 Å². The molecule has 350 valence electrons. The lowest BCUT2D eigenvalue weighted by Crippen LogP contribution is -2.45. The average molecular weight is 952 g/mol. The van der Waals surface area contributed by atoms with Crippen LogP contribution in [0.25, 0.3) is 65.3 Å². The van der Waals surface area contributed by atoms with Gasteiger partial charge in [0.15, 0.2) is 23.0 Å². The molecule has 7 rings (SSSR count). The number of benzene rings is 7. The molecule has 0 saturated carbocycles. The van der Waals surface area contributed by atoms with Crippen molar-refractivity contribution < 1.29 is 17.7 Å². The molecule has 0 radical (unpaired) electrons. The third-order valence-electron chi connectivity index (χ3n) is 16.1. The van der Waals surface area contributed by atoms with E-state index in [4.69, 9.17) is 17.7 Å². The van der Waals surface area contributed by atoms with Crippen LogP contribution in [0.5, 0.6) is 23.0 Å². The normalized spacial score (nSPS) is 13.8. The van der Waals surface area contributed by atoms with Crippen LogP contribution in [-0.2, 0) is 0 Å². The molecule has 0 bridgehead atoms. The standard InChI is InChI=1S/C58H78O4Si4/c1-55(2,3)63(13,14)59-51-47-31-25-23-29-43(47)45-35-33-39(37-49(45)53(51)61-65(17,18)57(7,8)9)41-27-21-22-28-42(41)40-34-36-46-44-30-24-26-32-48(44)52(60-64(15,16)56(4,5)6)54(50(46)38-40)62-66(19,20)58(10,11)12/h21-38H,1-20H3.